The molecule has 0 bridgehead atoms. The van der Waals surface area contributed by atoms with Gasteiger partial charge in [-0.05, 0) is 23.8 Å². The van der Waals surface area contributed by atoms with Gasteiger partial charge in [0.05, 0.1) is 0 Å². The van der Waals surface area contributed by atoms with Gasteiger partial charge in [-0.25, -0.2) is 0 Å². The van der Waals surface area contributed by atoms with Crippen molar-refractivity contribution in [3.05, 3.63) is 59.7 Å². The summed E-state index contributed by atoms with van der Waals surface area (Å²) in [4.78, 5) is 4.54. The van der Waals surface area contributed by atoms with Gasteiger partial charge in [-0.2, -0.15) is 4.98 Å². The number of para-hydroxylation sites is 1. The summed E-state index contributed by atoms with van der Waals surface area (Å²) in [5.41, 5.74) is 4.90. The van der Waals surface area contributed by atoms with Gasteiger partial charge in [0, 0.05) is 16.8 Å². The zero-order valence-corrected chi connectivity index (χ0v) is 15.7. The lowest BCUT2D eigenvalue weighted by Crippen LogP contribution is -2.17. The molecule has 6 heteroatoms. The van der Waals surface area contributed by atoms with Crippen molar-refractivity contribution in [2.24, 2.45) is 0 Å². The Bertz CT molecular complexity index is 927. The van der Waals surface area contributed by atoms with Crippen LogP contribution in [0.2, 0.25) is 0 Å². The summed E-state index contributed by atoms with van der Waals surface area (Å²) in [5.74, 6) is 0.995. The summed E-state index contributed by atoms with van der Waals surface area (Å²) in [6.45, 7) is 4.38. The van der Waals surface area contributed by atoms with Crippen LogP contribution in [0, 0.1) is 0 Å². The predicted molar refractivity (Wildman–Crippen MR) is 105 cm³/mol. The molecule has 2 heterocycles. The molecule has 2 aromatic carbocycles. The van der Waals surface area contributed by atoms with Crippen molar-refractivity contribution >= 4 is 17.4 Å². The first kappa shape index (κ1) is 16.8. The highest BCUT2D eigenvalue weighted by molar-refractivity contribution is 7.98. The van der Waals surface area contributed by atoms with E-state index in [9.17, 15) is 0 Å². The average molecular weight is 364 g/mol. The third-order valence-corrected chi connectivity index (χ3v) is 4.96. The second-order valence-electron chi connectivity index (χ2n) is 6.46. The Labute approximate surface area is 157 Å². The smallest absolute Gasteiger partial charge is 0.247 e. The molecule has 5 nitrogen and oxygen atoms in total. The molecule has 26 heavy (non-hydrogen) atoms. The molecule has 0 spiro atoms. The average Bonchev–Trinajstić information content (AvgIpc) is 2.84. The maximum atomic E-state index is 6.23. The van der Waals surface area contributed by atoms with E-state index in [1.54, 1.807) is 0 Å². The van der Waals surface area contributed by atoms with Gasteiger partial charge < -0.3 is 10.1 Å². The highest BCUT2D eigenvalue weighted by Gasteiger charge is 2.25. The summed E-state index contributed by atoms with van der Waals surface area (Å²) in [6, 6.07) is 16.5. The maximum Gasteiger partial charge on any atom is 0.247 e. The van der Waals surface area contributed by atoms with Gasteiger partial charge in [0.25, 0.3) is 0 Å². The van der Waals surface area contributed by atoms with Crippen LogP contribution in [0.3, 0.4) is 0 Å². The summed E-state index contributed by atoms with van der Waals surface area (Å²) >= 11 is 1.45. The number of thioether (sulfide) groups is 1. The van der Waals surface area contributed by atoms with Crippen LogP contribution in [-0.2, 0) is 0 Å². The molecular formula is C20H20N4OS. The van der Waals surface area contributed by atoms with E-state index in [1.807, 2.05) is 30.5 Å². The molecule has 1 N–H and O–H groups in total. The number of rotatable bonds is 3. The van der Waals surface area contributed by atoms with Gasteiger partial charge >= 0.3 is 0 Å². The van der Waals surface area contributed by atoms with Crippen LogP contribution in [0.25, 0.3) is 11.3 Å². The van der Waals surface area contributed by atoms with Crippen LogP contribution in [0.1, 0.15) is 37.1 Å². The molecule has 4 rings (SSSR count). The first-order valence-electron chi connectivity index (χ1n) is 8.57. The molecule has 0 radical (unpaired) electrons. The first-order valence-corrected chi connectivity index (χ1v) is 9.79. The van der Waals surface area contributed by atoms with Crippen molar-refractivity contribution in [2.75, 3.05) is 11.6 Å². The van der Waals surface area contributed by atoms with Crippen molar-refractivity contribution in [3.63, 3.8) is 0 Å². The molecule has 1 atom stereocenters. The summed E-state index contributed by atoms with van der Waals surface area (Å²) in [7, 11) is 0. The zero-order valence-electron chi connectivity index (χ0n) is 14.9. The Morgan fingerprint density at radius 3 is 2.54 bits per heavy atom. The van der Waals surface area contributed by atoms with Gasteiger partial charge in [0.1, 0.15) is 0 Å². The van der Waals surface area contributed by atoms with Crippen LogP contribution in [-0.4, -0.2) is 21.4 Å². The Kier molecular flexibility index (Phi) is 4.51. The van der Waals surface area contributed by atoms with Gasteiger partial charge in [0.15, 0.2) is 11.9 Å². The molecule has 0 aliphatic carbocycles. The predicted octanol–water partition coefficient (Wildman–Crippen LogP) is 4.89. The highest BCUT2D eigenvalue weighted by Crippen LogP contribution is 2.39. The summed E-state index contributed by atoms with van der Waals surface area (Å²) in [6.07, 6.45) is 1.58. The van der Waals surface area contributed by atoms with Crippen LogP contribution >= 0.6 is 11.8 Å². The molecule has 0 fully saturated rings. The number of ether oxygens (including phenoxy) is 1. The number of nitrogens with zero attached hydrogens (tertiary/aromatic N) is 3. The second-order valence-corrected chi connectivity index (χ2v) is 7.23. The van der Waals surface area contributed by atoms with Crippen molar-refractivity contribution in [2.45, 2.75) is 31.1 Å². The van der Waals surface area contributed by atoms with E-state index in [4.69, 9.17) is 4.74 Å². The lowest BCUT2D eigenvalue weighted by molar-refractivity contribution is 0.225. The minimum absolute atomic E-state index is 0.343. The topological polar surface area (TPSA) is 59.9 Å². The first-order chi connectivity index (χ1) is 12.7. The summed E-state index contributed by atoms with van der Waals surface area (Å²) < 4.78 is 6.23. The lowest BCUT2D eigenvalue weighted by Gasteiger charge is -2.20. The summed E-state index contributed by atoms with van der Waals surface area (Å²) in [5, 5.41) is 12.6. The van der Waals surface area contributed by atoms with Gasteiger partial charge in [-0.1, -0.05) is 68.1 Å². The van der Waals surface area contributed by atoms with Crippen molar-refractivity contribution in [3.8, 4) is 17.1 Å². The number of hydrogen-bond donors (Lipinski definition) is 1. The Morgan fingerprint density at radius 1 is 1.04 bits per heavy atom. The highest BCUT2D eigenvalue weighted by atomic mass is 32.2. The third-order valence-electron chi connectivity index (χ3n) is 4.42. The monoisotopic (exact) mass is 364 g/mol. The number of fused-ring (bicyclic) bond motifs is 3. The Hall–Kier alpha value is -2.60. The van der Waals surface area contributed by atoms with Crippen LogP contribution < -0.4 is 10.1 Å². The minimum atomic E-state index is -0.343. The minimum Gasteiger partial charge on any atom is -0.448 e. The molecule has 1 aliphatic rings. The molecule has 0 saturated heterocycles. The second kappa shape index (κ2) is 6.96. The fourth-order valence-electron chi connectivity index (χ4n) is 2.94. The molecule has 1 aromatic heterocycles. The van der Waals surface area contributed by atoms with Crippen LogP contribution in [0.4, 0.5) is 5.69 Å². The van der Waals surface area contributed by atoms with E-state index >= 15 is 0 Å². The zero-order chi connectivity index (χ0) is 18.1. The fraction of sp³-hybridized carbons (Fsp3) is 0.250. The Morgan fingerprint density at radius 2 is 1.81 bits per heavy atom. The van der Waals surface area contributed by atoms with Crippen LogP contribution in [0.5, 0.6) is 5.88 Å². The molecule has 0 amide bonds. The van der Waals surface area contributed by atoms with E-state index in [-0.39, 0.29) is 6.23 Å². The van der Waals surface area contributed by atoms with E-state index in [0.717, 1.165) is 16.8 Å². The lowest BCUT2D eigenvalue weighted by atomic mass is 10.0. The Balaban J connectivity index is 1.79. The van der Waals surface area contributed by atoms with Crippen molar-refractivity contribution in [1.29, 1.82) is 0 Å². The molecule has 0 unspecified atom stereocenters. The molecule has 3 aromatic rings. The number of anilines is 1. The van der Waals surface area contributed by atoms with E-state index < -0.39 is 0 Å². The van der Waals surface area contributed by atoms with Gasteiger partial charge in [0.2, 0.25) is 11.0 Å². The third kappa shape index (κ3) is 3.12. The van der Waals surface area contributed by atoms with Crippen molar-refractivity contribution in [1.82, 2.24) is 15.2 Å². The number of nitrogens with one attached hydrogen (secondary N) is 1. The quantitative estimate of drug-likeness (QED) is 0.668. The van der Waals surface area contributed by atoms with E-state index in [0.29, 0.717) is 22.6 Å². The molecule has 1 aliphatic heterocycles. The number of benzene rings is 2. The normalized spacial score (nSPS) is 15.5. The SMILES string of the molecule is CSc1nnc2c(n1)O[C@@H](c1ccc(C(C)C)cc1)Nc1ccccc1-2. The number of aromatic nitrogens is 3. The van der Waals surface area contributed by atoms with E-state index in [2.05, 4.69) is 58.6 Å². The van der Waals surface area contributed by atoms with E-state index in [1.165, 1.54) is 17.3 Å². The molecule has 0 saturated carbocycles. The van der Waals surface area contributed by atoms with Gasteiger partial charge in [-0.15, -0.1) is 10.2 Å². The van der Waals surface area contributed by atoms with Crippen molar-refractivity contribution < 1.29 is 4.74 Å². The molecular weight excluding hydrogens is 344 g/mol. The van der Waals surface area contributed by atoms with Gasteiger partial charge in [-0.3, -0.25) is 0 Å². The maximum absolute atomic E-state index is 6.23. The fourth-order valence-corrected chi connectivity index (χ4v) is 3.24. The number of hydrogen-bond acceptors (Lipinski definition) is 6. The standard InChI is InChI=1S/C20H20N4OS/c1-12(2)13-8-10-14(11-9-13)18-21-16-7-5-4-6-15(16)17-19(25-18)22-20(26-3)24-23-17/h4-12,18,21H,1-3H3/t18-/m0/s1. The molecule has 132 valence electrons. The largest absolute Gasteiger partial charge is 0.448 e. The van der Waals surface area contributed by atoms with Crippen LogP contribution in [0.15, 0.2) is 53.7 Å².